The summed E-state index contributed by atoms with van der Waals surface area (Å²) < 4.78 is 7.99. The number of ether oxygens (including phenoxy) is 1. The van der Waals surface area contributed by atoms with Crippen molar-refractivity contribution in [3.8, 4) is 0 Å². The number of hydrogen-bond donors (Lipinski definition) is 0. The van der Waals surface area contributed by atoms with Gasteiger partial charge in [-0.3, -0.25) is 4.79 Å². The zero-order chi connectivity index (χ0) is 15.9. The van der Waals surface area contributed by atoms with Crippen LogP contribution in [0.4, 0.5) is 0 Å². The van der Waals surface area contributed by atoms with Gasteiger partial charge in [0.25, 0.3) is 0 Å². The Hall–Kier alpha value is -1.88. The van der Waals surface area contributed by atoms with Gasteiger partial charge in [0.15, 0.2) is 0 Å². The summed E-state index contributed by atoms with van der Waals surface area (Å²) >= 11 is 0. The van der Waals surface area contributed by atoms with E-state index >= 15 is 0 Å². The summed E-state index contributed by atoms with van der Waals surface area (Å²) in [5.74, 6) is 0.227. The normalized spacial score (nSPS) is 25.4. The van der Waals surface area contributed by atoms with Gasteiger partial charge in [0.1, 0.15) is 5.65 Å². The summed E-state index contributed by atoms with van der Waals surface area (Å²) in [7, 11) is 0. The predicted octanol–water partition coefficient (Wildman–Crippen LogP) is 2.70. The predicted molar refractivity (Wildman–Crippen MR) is 87.1 cm³/mol. The van der Waals surface area contributed by atoms with Gasteiger partial charge in [-0.1, -0.05) is 0 Å². The molecule has 1 spiro atoms. The van der Waals surface area contributed by atoms with Crippen LogP contribution in [-0.2, 0) is 16.1 Å². The molecule has 2 aliphatic rings. The van der Waals surface area contributed by atoms with Gasteiger partial charge < -0.3 is 14.0 Å². The maximum absolute atomic E-state index is 12.5. The zero-order valence-electron chi connectivity index (χ0n) is 13.6. The van der Waals surface area contributed by atoms with Crippen molar-refractivity contribution in [1.82, 2.24) is 14.3 Å². The van der Waals surface area contributed by atoms with E-state index in [9.17, 15) is 4.79 Å². The van der Waals surface area contributed by atoms with Gasteiger partial charge >= 0.3 is 0 Å². The maximum atomic E-state index is 12.5. The zero-order valence-corrected chi connectivity index (χ0v) is 13.6. The molecule has 0 bridgehead atoms. The minimum absolute atomic E-state index is 0.0412. The number of pyridine rings is 1. The fraction of sp³-hybridized carbons (Fsp3) is 0.556. The highest BCUT2D eigenvalue weighted by Crippen LogP contribution is 2.36. The first-order valence-corrected chi connectivity index (χ1v) is 8.50. The minimum atomic E-state index is -0.0412. The largest absolute Gasteiger partial charge is 0.375 e. The lowest BCUT2D eigenvalue weighted by Crippen LogP contribution is -2.32. The van der Waals surface area contributed by atoms with Crippen molar-refractivity contribution < 1.29 is 9.53 Å². The first kappa shape index (κ1) is 14.7. The van der Waals surface area contributed by atoms with E-state index in [2.05, 4.69) is 24.0 Å². The molecular weight excluding hydrogens is 290 g/mol. The van der Waals surface area contributed by atoms with E-state index in [1.54, 1.807) is 0 Å². The summed E-state index contributed by atoms with van der Waals surface area (Å²) in [6.07, 6.45) is 8.67. The van der Waals surface area contributed by atoms with Crippen molar-refractivity contribution in [2.24, 2.45) is 0 Å². The second-order valence-electron chi connectivity index (χ2n) is 6.90. The molecule has 0 N–H and O–H groups in total. The third-order valence-corrected chi connectivity index (χ3v) is 5.19. The third kappa shape index (κ3) is 2.85. The number of fused-ring (bicyclic) bond motifs is 1. The monoisotopic (exact) mass is 313 g/mol. The molecule has 5 heteroatoms. The summed E-state index contributed by atoms with van der Waals surface area (Å²) in [6, 6.07) is 4.13. The highest BCUT2D eigenvalue weighted by Gasteiger charge is 2.38. The lowest BCUT2D eigenvalue weighted by Gasteiger charge is -2.26. The van der Waals surface area contributed by atoms with E-state index in [4.69, 9.17) is 4.74 Å². The molecule has 2 aromatic rings. The van der Waals surface area contributed by atoms with Crippen molar-refractivity contribution in [2.45, 2.75) is 51.2 Å². The maximum Gasteiger partial charge on any atom is 0.223 e. The molecule has 1 unspecified atom stereocenters. The molecule has 4 heterocycles. The SMILES string of the molecule is Cc1ccn2cc(CN3CCC4(CCCO4)CCC3=O)nc2c1. The van der Waals surface area contributed by atoms with Crippen LogP contribution in [0.15, 0.2) is 24.5 Å². The third-order valence-electron chi connectivity index (χ3n) is 5.19. The van der Waals surface area contributed by atoms with E-state index in [-0.39, 0.29) is 11.5 Å². The molecular formula is C18H23N3O2. The van der Waals surface area contributed by atoms with Gasteiger partial charge in [0.05, 0.1) is 17.8 Å². The van der Waals surface area contributed by atoms with E-state index in [1.807, 2.05) is 21.7 Å². The molecule has 122 valence electrons. The fourth-order valence-corrected chi connectivity index (χ4v) is 3.81. The van der Waals surface area contributed by atoms with Crippen LogP contribution in [0, 0.1) is 6.92 Å². The summed E-state index contributed by atoms with van der Waals surface area (Å²) in [6.45, 7) is 4.27. The number of carbonyl (C=O) groups excluding carboxylic acids is 1. The topological polar surface area (TPSA) is 46.8 Å². The van der Waals surface area contributed by atoms with E-state index < -0.39 is 0 Å². The van der Waals surface area contributed by atoms with E-state index in [0.717, 1.165) is 50.2 Å². The quantitative estimate of drug-likeness (QED) is 0.856. The molecule has 0 aliphatic carbocycles. The second kappa shape index (κ2) is 5.64. The summed E-state index contributed by atoms with van der Waals surface area (Å²) in [5, 5.41) is 0. The van der Waals surface area contributed by atoms with Crippen LogP contribution >= 0.6 is 0 Å². The summed E-state index contributed by atoms with van der Waals surface area (Å²) in [4.78, 5) is 19.1. The Morgan fingerprint density at radius 3 is 3.09 bits per heavy atom. The number of aryl methyl sites for hydroxylation is 1. The molecule has 2 saturated heterocycles. The molecule has 2 fully saturated rings. The van der Waals surface area contributed by atoms with E-state index in [0.29, 0.717) is 13.0 Å². The van der Waals surface area contributed by atoms with E-state index in [1.165, 1.54) is 5.56 Å². The van der Waals surface area contributed by atoms with Crippen LogP contribution in [-0.4, -0.2) is 38.9 Å². The van der Waals surface area contributed by atoms with Crippen LogP contribution in [0.5, 0.6) is 0 Å². The first-order valence-electron chi connectivity index (χ1n) is 8.50. The van der Waals surface area contributed by atoms with Gasteiger partial charge in [0.2, 0.25) is 5.91 Å². The number of nitrogens with zero attached hydrogens (tertiary/aromatic N) is 3. The van der Waals surface area contributed by atoms with Crippen LogP contribution < -0.4 is 0 Å². The number of aromatic nitrogens is 2. The highest BCUT2D eigenvalue weighted by atomic mass is 16.5. The average Bonchev–Trinajstić information content (AvgIpc) is 3.11. The molecule has 2 aliphatic heterocycles. The van der Waals surface area contributed by atoms with Gasteiger partial charge in [0, 0.05) is 32.0 Å². The molecule has 1 atom stereocenters. The molecule has 2 aromatic heterocycles. The Kier molecular flexibility index (Phi) is 3.60. The Morgan fingerprint density at radius 1 is 1.35 bits per heavy atom. The molecule has 23 heavy (non-hydrogen) atoms. The fourth-order valence-electron chi connectivity index (χ4n) is 3.81. The molecule has 5 nitrogen and oxygen atoms in total. The van der Waals surface area contributed by atoms with Gasteiger partial charge in [-0.05, 0) is 50.3 Å². The number of amides is 1. The Morgan fingerprint density at radius 2 is 2.26 bits per heavy atom. The van der Waals surface area contributed by atoms with Crippen LogP contribution in [0.3, 0.4) is 0 Å². The molecule has 0 aromatic carbocycles. The Balaban J connectivity index is 1.51. The number of imidazole rings is 1. The van der Waals surface area contributed by atoms with Crippen molar-refractivity contribution in [3.63, 3.8) is 0 Å². The number of likely N-dealkylation sites (tertiary alicyclic amines) is 1. The number of rotatable bonds is 2. The Labute approximate surface area is 136 Å². The van der Waals surface area contributed by atoms with Gasteiger partial charge in [-0.2, -0.15) is 0 Å². The molecule has 0 radical (unpaired) electrons. The standard InChI is InChI=1S/C18H23N3O2/c1-14-4-8-20-12-15(19-16(20)11-14)13-21-9-7-18(5-2-10-23-18)6-3-17(21)22/h4,8,11-12H,2-3,5-7,9-10,13H2,1H3. The molecule has 1 amide bonds. The molecule has 4 rings (SSSR count). The second-order valence-corrected chi connectivity index (χ2v) is 6.90. The lowest BCUT2D eigenvalue weighted by molar-refractivity contribution is -0.131. The van der Waals surface area contributed by atoms with Crippen molar-refractivity contribution in [3.05, 3.63) is 35.8 Å². The van der Waals surface area contributed by atoms with Crippen LogP contribution in [0.25, 0.3) is 5.65 Å². The smallest absolute Gasteiger partial charge is 0.223 e. The highest BCUT2D eigenvalue weighted by molar-refractivity contribution is 5.76. The first-order chi connectivity index (χ1) is 11.1. The number of carbonyl (C=O) groups is 1. The van der Waals surface area contributed by atoms with Crippen LogP contribution in [0.1, 0.15) is 43.4 Å². The van der Waals surface area contributed by atoms with Gasteiger partial charge in [-0.15, -0.1) is 0 Å². The number of hydrogen-bond acceptors (Lipinski definition) is 3. The summed E-state index contributed by atoms with van der Waals surface area (Å²) in [5.41, 5.74) is 3.05. The van der Waals surface area contributed by atoms with Crippen molar-refractivity contribution in [2.75, 3.05) is 13.2 Å². The van der Waals surface area contributed by atoms with Crippen molar-refractivity contribution >= 4 is 11.6 Å². The average molecular weight is 313 g/mol. The van der Waals surface area contributed by atoms with Crippen molar-refractivity contribution in [1.29, 1.82) is 0 Å². The minimum Gasteiger partial charge on any atom is -0.375 e. The Bertz CT molecular complexity index is 731. The lowest BCUT2D eigenvalue weighted by atomic mass is 9.92. The van der Waals surface area contributed by atoms with Gasteiger partial charge in [-0.25, -0.2) is 4.98 Å². The molecule has 0 saturated carbocycles. The van der Waals surface area contributed by atoms with Crippen LogP contribution in [0.2, 0.25) is 0 Å².